The Morgan fingerprint density at radius 1 is 1.44 bits per heavy atom. The van der Waals surface area contributed by atoms with Crippen LogP contribution < -0.4 is 15.8 Å². The first-order valence-electron chi connectivity index (χ1n) is 5.35. The Kier molecular flexibility index (Phi) is 5.32. The molecule has 0 amide bonds. The highest BCUT2D eigenvalue weighted by atomic mass is 32.2. The summed E-state index contributed by atoms with van der Waals surface area (Å²) in [6.07, 6.45) is 3.26. The van der Waals surface area contributed by atoms with E-state index in [4.69, 9.17) is 10.5 Å². The first-order chi connectivity index (χ1) is 7.65. The van der Waals surface area contributed by atoms with Crippen LogP contribution in [-0.2, 0) is 0 Å². The van der Waals surface area contributed by atoms with Crippen LogP contribution in [0.25, 0.3) is 0 Å². The van der Waals surface area contributed by atoms with E-state index >= 15 is 0 Å². The van der Waals surface area contributed by atoms with Crippen LogP contribution in [0.1, 0.15) is 13.3 Å². The number of thioether (sulfide) groups is 1. The lowest BCUT2D eigenvalue weighted by Crippen LogP contribution is -2.16. The normalized spacial score (nSPS) is 12.2. The second kappa shape index (κ2) is 6.53. The maximum absolute atomic E-state index is 5.79. The first kappa shape index (κ1) is 13.0. The van der Waals surface area contributed by atoms with Crippen LogP contribution in [0, 0.1) is 0 Å². The Balaban J connectivity index is 2.61. The van der Waals surface area contributed by atoms with Crippen LogP contribution in [-0.4, -0.2) is 25.2 Å². The van der Waals surface area contributed by atoms with Gasteiger partial charge in [-0.2, -0.15) is 11.8 Å². The molecule has 1 aromatic carbocycles. The van der Waals surface area contributed by atoms with E-state index in [1.807, 2.05) is 30.0 Å². The van der Waals surface area contributed by atoms with Gasteiger partial charge in [-0.15, -0.1) is 0 Å². The van der Waals surface area contributed by atoms with E-state index < -0.39 is 0 Å². The van der Waals surface area contributed by atoms with Gasteiger partial charge in [-0.3, -0.25) is 0 Å². The lowest BCUT2D eigenvalue weighted by molar-refractivity contribution is 0.415. The third kappa shape index (κ3) is 4.23. The molecular weight excluding hydrogens is 220 g/mol. The van der Waals surface area contributed by atoms with Gasteiger partial charge >= 0.3 is 0 Å². The van der Waals surface area contributed by atoms with Crippen molar-refractivity contribution in [2.75, 3.05) is 30.2 Å². The molecule has 0 saturated carbocycles. The van der Waals surface area contributed by atoms with Gasteiger partial charge < -0.3 is 15.8 Å². The molecule has 0 fully saturated rings. The molecule has 1 unspecified atom stereocenters. The van der Waals surface area contributed by atoms with E-state index in [0.717, 1.165) is 29.3 Å². The molecule has 1 aromatic rings. The van der Waals surface area contributed by atoms with Gasteiger partial charge in [0.25, 0.3) is 0 Å². The molecule has 0 aliphatic heterocycles. The minimum absolute atomic E-state index is 0.443. The fourth-order valence-corrected chi connectivity index (χ4v) is 2.06. The highest BCUT2D eigenvalue weighted by Crippen LogP contribution is 2.23. The number of anilines is 2. The number of hydrogen-bond acceptors (Lipinski definition) is 4. The number of nitrogens with two attached hydrogens (primary N) is 1. The molecule has 3 N–H and O–H groups in total. The summed E-state index contributed by atoms with van der Waals surface area (Å²) in [6, 6.07) is 6.15. The highest BCUT2D eigenvalue weighted by Gasteiger charge is 2.03. The Hall–Kier alpha value is -1.03. The third-order valence-corrected chi connectivity index (χ3v) is 2.98. The van der Waals surface area contributed by atoms with Crippen molar-refractivity contribution in [3.63, 3.8) is 0 Å². The van der Waals surface area contributed by atoms with Crippen LogP contribution in [0.3, 0.4) is 0 Å². The molecule has 0 aliphatic carbocycles. The largest absolute Gasteiger partial charge is 0.497 e. The Bertz CT molecular complexity index is 331. The molecule has 0 heterocycles. The standard InChI is InChI=1S/C12H20N2OS/c1-9(4-5-16-3)14-11-6-10(13)7-12(8-11)15-2/h6-9,14H,4-5,13H2,1-3H3. The molecule has 4 heteroatoms. The SMILES string of the molecule is COc1cc(N)cc(NC(C)CCSC)c1. The van der Waals surface area contributed by atoms with Gasteiger partial charge in [0.1, 0.15) is 5.75 Å². The monoisotopic (exact) mass is 240 g/mol. The molecule has 0 aliphatic rings. The van der Waals surface area contributed by atoms with Crippen molar-refractivity contribution in [3.8, 4) is 5.75 Å². The zero-order chi connectivity index (χ0) is 12.0. The Morgan fingerprint density at radius 3 is 2.81 bits per heavy atom. The lowest BCUT2D eigenvalue weighted by Gasteiger charge is -2.15. The van der Waals surface area contributed by atoms with Gasteiger partial charge in [0.15, 0.2) is 0 Å². The number of nitrogens with one attached hydrogen (secondary N) is 1. The lowest BCUT2D eigenvalue weighted by atomic mass is 10.2. The number of rotatable bonds is 6. The smallest absolute Gasteiger partial charge is 0.122 e. The quantitative estimate of drug-likeness (QED) is 0.751. The van der Waals surface area contributed by atoms with Crippen LogP contribution in [0.15, 0.2) is 18.2 Å². The summed E-state index contributed by atoms with van der Waals surface area (Å²) < 4.78 is 5.17. The predicted molar refractivity (Wildman–Crippen MR) is 73.5 cm³/mol. The van der Waals surface area contributed by atoms with E-state index in [1.54, 1.807) is 7.11 Å². The summed E-state index contributed by atoms with van der Waals surface area (Å²) in [4.78, 5) is 0. The highest BCUT2D eigenvalue weighted by molar-refractivity contribution is 7.98. The van der Waals surface area contributed by atoms with Crippen molar-refractivity contribution in [2.24, 2.45) is 0 Å². The van der Waals surface area contributed by atoms with E-state index in [1.165, 1.54) is 0 Å². The molecule has 1 atom stereocenters. The van der Waals surface area contributed by atoms with Crippen molar-refractivity contribution >= 4 is 23.1 Å². The van der Waals surface area contributed by atoms with Crippen LogP contribution in [0.4, 0.5) is 11.4 Å². The summed E-state index contributed by atoms with van der Waals surface area (Å²) in [5.74, 6) is 1.95. The summed E-state index contributed by atoms with van der Waals surface area (Å²) in [5.41, 5.74) is 7.53. The van der Waals surface area contributed by atoms with Crippen LogP contribution >= 0.6 is 11.8 Å². The van der Waals surface area contributed by atoms with Crippen molar-refractivity contribution in [3.05, 3.63) is 18.2 Å². The summed E-state index contributed by atoms with van der Waals surface area (Å²) in [5, 5.41) is 3.42. The van der Waals surface area contributed by atoms with Crippen molar-refractivity contribution in [2.45, 2.75) is 19.4 Å². The molecule has 90 valence electrons. The number of benzene rings is 1. The zero-order valence-electron chi connectivity index (χ0n) is 10.1. The molecule has 16 heavy (non-hydrogen) atoms. The molecule has 0 bridgehead atoms. The second-order valence-electron chi connectivity index (χ2n) is 3.82. The number of ether oxygens (including phenoxy) is 1. The molecular formula is C12H20N2OS. The van der Waals surface area contributed by atoms with Crippen molar-refractivity contribution in [1.82, 2.24) is 0 Å². The maximum atomic E-state index is 5.79. The van der Waals surface area contributed by atoms with Crippen molar-refractivity contribution in [1.29, 1.82) is 0 Å². The van der Waals surface area contributed by atoms with Gasteiger partial charge in [-0.1, -0.05) is 0 Å². The molecule has 0 aromatic heterocycles. The third-order valence-electron chi connectivity index (χ3n) is 2.33. The summed E-state index contributed by atoms with van der Waals surface area (Å²) >= 11 is 1.86. The Labute approximate surface area is 102 Å². The average molecular weight is 240 g/mol. The number of nitrogen functional groups attached to an aromatic ring is 1. The first-order valence-corrected chi connectivity index (χ1v) is 6.75. The van der Waals surface area contributed by atoms with Crippen LogP contribution in [0.2, 0.25) is 0 Å². The van der Waals surface area contributed by atoms with Crippen LogP contribution in [0.5, 0.6) is 5.75 Å². The minimum Gasteiger partial charge on any atom is -0.497 e. The predicted octanol–water partition coefficient (Wildman–Crippen LogP) is 2.83. The van der Waals surface area contributed by atoms with Crippen molar-refractivity contribution < 1.29 is 4.74 Å². The van der Waals surface area contributed by atoms with E-state index in [0.29, 0.717) is 6.04 Å². The molecule has 1 rings (SSSR count). The Morgan fingerprint density at radius 2 is 2.19 bits per heavy atom. The average Bonchev–Trinajstić information content (AvgIpc) is 2.25. The minimum atomic E-state index is 0.443. The molecule has 0 spiro atoms. The van der Waals surface area contributed by atoms with Gasteiger partial charge in [-0.25, -0.2) is 0 Å². The van der Waals surface area contributed by atoms with E-state index in [9.17, 15) is 0 Å². The van der Waals surface area contributed by atoms with Gasteiger partial charge in [-0.05, 0) is 31.4 Å². The number of methoxy groups -OCH3 is 1. The van der Waals surface area contributed by atoms with Gasteiger partial charge in [0, 0.05) is 29.5 Å². The summed E-state index contributed by atoms with van der Waals surface area (Å²) in [7, 11) is 1.65. The van der Waals surface area contributed by atoms with E-state index in [-0.39, 0.29) is 0 Å². The van der Waals surface area contributed by atoms with E-state index in [2.05, 4.69) is 18.5 Å². The van der Waals surface area contributed by atoms with Gasteiger partial charge in [0.05, 0.1) is 7.11 Å². The van der Waals surface area contributed by atoms with Gasteiger partial charge in [0.2, 0.25) is 0 Å². The fraction of sp³-hybridized carbons (Fsp3) is 0.500. The molecule has 0 saturated heterocycles. The maximum Gasteiger partial charge on any atom is 0.122 e. The topological polar surface area (TPSA) is 47.3 Å². The fourth-order valence-electron chi connectivity index (χ4n) is 1.47. The summed E-state index contributed by atoms with van der Waals surface area (Å²) in [6.45, 7) is 2.17. The second-order valence-corrected chi connectivity index (χ2v) is 4.81. The molecule has 3 nitrogen and oxygen atoms in total. The number of hydrogen-bond donors (Lipinski definition) is 2. The molecule has 0 radical (unpaired) electrons. The zero-order valence-corrected chi connectivity index (χ0v) is 10.9.